The fourth-order valence-electron chi connectivity index (χ4n) is 8.67. The number of fused-ring (bicyclic) bond motifs is 2. The number of anilines is 1. The van der Waals surface area contributed by atoms with E-state index >= 15 is 0 Å². The average Bonchev–Trinajstić information content (AvgIpc) is 3.46. The number of carbonyl (C=O) groups is 5. The zero-order valence-electron chi connectivity index (χ0n) is 31.8. The average molecular weight is 769 g/mol. The van der Waals surface area contributed by atoms with Crippen LogP contribution in [0.3, 0.4) is 0 Å². The van der Waals surface area contributed by atoms with Crippen molar-refractivity contribution in [3.63, 3.8) is 0 Å². The minimum atomic E-state index is -1.05. The molecule has 5 aliphatic rings. The van der Waals surface area contributed by atoms with Crippen LogP contribution in [-0.4, -0.2) is 138 Å². The molecule has 0 bridgehead atoms. The molecule has 0 spiro atoms. The van der Waals surface area contributed by atoms with Gasteiger partial charge in [0.25, 0.3) is 11.8 Å². The maximum absolute atomic E-state index is 13.7. The number of piperidine rings is 2. The van der Waals surface area contributed by atoms with Crippen LogP contribution in [0.15, 0.2) is 60.1 Å². The lowest BCUT2D eigenvalue weighted by Crippen LogP contribution is -2.62. The molecule has 16 nitrogen and oxygen atoms in total. The summed E-state index contributed by atoms with van der Waals surface area (Å²) in [5.41, 5.74) is 15.9. The molecular formula is C40H52N10O6. The molecule has 0 saturated carbocycles. The van der Waals surface area contributed by atoms with Crippen molar-refractivity contribution in [2.45, 2.75) is 62.7 Å². The Bertz CT molecular complexity index is 1920. The van der Waals surface area contributed by atoms with Gasteiger partial charge in [0.15, 0.2) is 0 Å². The molecule has 2 atom stereocenters. The number of nitrogens with two attached hydrogens (primary N) is 2. The maximum Gasteiger partial charge on any atom is 0.320 e. The molecule has 298 valence electrons. The first-order valence-corrected chi connectivity index (χ1v) is 19.6. The zero-order chi connectivity index (χ0) is 39.5. The van der Waals surface area contributed by atoms with E-state index in [-0.39, 0.29) is 41.8 Å². The number of hydrogen-bond donors (Lipinski definition) is 6. The lowest BCUT2D eigenvalue weighted by molar-refractivity contribution is -0.124. The highest BCUT2D eigenvalue weighted by Gasteiger charge is 2.43. The number of allylic oxidation sites excluding steroid dienone is 1. The summed E-state index contributed by atoms with van der Waals surface area (Å²) < 4.78 is 0. The summed E-state index contributed by atoms with van der Waals surface area (Å²) in [4.78, 5) is 73.2. The van der Waals surface area contributed by atoms with Crippen LogP contribution in [0.4, 0.5) is 10.5 Å². The van der Waals surface area contributed by atoms with Crippen molar-refractivity contribution in [1.29, 1.82) is 0 Å². The predicted molar refractivity (Wildman–Crippen MR) is 210 cm³/mol. The highest BCUT2D eigenvalue weighted by molar-refractivity contribution is 6.23. The van der Waals surface area contributed by atoms with Crippen LogP contribution in [0, 0.1) is 0 Å². The summed E-state index contributed by atoms with van der Waals surface area (Å²) in [7, 11) is 1.44. The van der Waals surface area contributed by atoms with Crippen LogP contribution in [-0.2, 0) is 9.59 Å². The molecule has 5 aliphatic heterocycles. The number of aldehydes is 1. The number of likely N-dealkylation sites (tertiary alicyclic amines) is 1. The summed E-state index contributed by atoms with van der Waals surface area (Å²) in [6.07, 6.45) is 6.17. The summed E-state index contributed by atoms with van der Waals surface area (Å²) in [5.74, 6) is -0.895. The van der Waals surface area contributed by atoms with Gasteiger partial charge in [-0.15, -0.1) is 0 Å². The predicted octanol–water partition coefficient (Wildman–Crippen LogP) is 0.942. The number of hydrogen-bond acceptors (Lipinski definition) is 12. The Balaban J connectivity index is 0.875. The molecule has 56 heavy (non-hydrogen) atoms. The number of para-hydroxylation sites is 1. The van der Waals surface area contributed by atoms with Crippen molar-refractivity contribution in [3.8, 4) is 5.75 Å². The van der Waals surface area contributed by atoms with E-state index in [0.717, 1.165) is 55.1 Å². The number of nitrogens with one attached hydrogen (secondary N) is 3. The highest BCUT2D eigenvalue weighted by atomic mass is 16.3. The van der Waals surface area contributed by atoms with Crippen LogP contribution in [0.5, 0.6) is 5.75 Å². The molecule has 2 aromatic carbocycles. The SMILES string of the molecule is CNC(=O)C(CCC=O)N1C(=O)c2ccc(N3CCC(NC4CCN(C(=O)N5CCN6C(/C=C(\N)c7ccccc7O)=C(N)NCC6C5)CC4)CC3)cc2C1=O. The maximum atomic E-state index is 13.7. The van der Waals surface area contributed by atoms with Gasteiger partial charge in [0.2, 0.25) is 5.91 Å². The first-order valence-electron chi connectivity index (χ1n) is 19.6. The second-order valence-electron chi connectivity index (χ2n) is 15.1. The van der Waals surface area contributed by atoms with Crippen LogP contribution in [0.25, 0.3) is 5.70 Å². The normalized spacial score (nSPS) is 21.5. The number of urea groups is 1. The fourth-order valence-corrected chi connectivity index (χ4v) is 8.67. The summed E-state index contributed by atoms with van der Waals surface area (Å²) in [5, 5.41) is 19.9. The summed E-state index contributed by atoms with van der Waals surface area (Å²) in [6, 6.07) is 11.9. The Morgan fingerprint density at radius 3 is 2.34 bits per heavy atom. The van der Waals surface area contributed by atoms with Crippen molar-refractivity contribution in [3.05, 3.63) is 76.7 Å². The van der Waals surface area contributed by atoms with Gasteiger partial charge < -0.3 is 56.9 Å². The molecule has 0 aromatic heterocycles. The number of nitrogens with zero attached hydrogens (tertiary/aromatic N) is 5. The minimum absolute atomic E-state index is 0.0311. The molecule has 5 heterocycles. The number of phenolic OH excluding ortho intramolecular Hbond substituents is 1. The number of piperazine rings is 1. The topological polar surface area (TPSA) is 210 Å². The summed E-state index contributed by atoms with van der Waals surface area (Å²) in [6.45, 7) is 5.29. The summed E-state index contributed by atoms with van der Waals surface area (Å²) >= 11 is 0. The van der Waals surface area contributed by atoms with E-state index in [0.29, 0.717) is 74.7 Å². The number of benzene rings is 2. The fraction of sp³-hybridized carbons (Fsp3) is 0.475. The third-order valence-electron chi connectivity index (χ3n) is 11.8. The first-order chi connectivity index (χ1) is 27.1. The van der Waals surface area contributed by atoms with Gasteiger partial charge in [0, 0.05) is 94.9 Å². The highest BCUT2D eigenvalue weighted by Crippen LogP contribution is 2.32. The van der Waals surface area contributed by atoms with Gasteiger partial charge in [0.05, 0.1) is 22.9 Å². The number of phenols is 1. The molecule has 7 rings (SSSR count). The van der Waals surface area contributed by atoms with E-state index in [2.05, 4.69) is 25.8 Å². The van der Waals surface area contributed by atoms with Gasteiger partial charge in [-0.2, -0.15) is 0 Å². The Hall–Kier alpha value is -5.77. The van der Waals surface area contributed by atoms with E-state index in [9.17, 15) is 29.1 Å². The van der Waals surface area contributed by atoms with Crippen molar-refractivity contribution in [2.24, 2.45) is 11.5 Å². The Morgan fingerprint density at radius 2 is 1.64 bits per heavy atom. The molecule has 0 aliphatic carbocycles. The lowest BCUT2D eigenvalue weighted by atomic mass is 9.98. The molecular weight excluding hydrogens is 717 g/mol. The largest absolute Gasteiger partial charge is 0.507 e. The Labute approximate surface area is 326 Å². The second kappa shape index (κ2) is 16.5. The second-order valence-corrected chi connectivity index (χ2v) is 15.1. The van der Waals surface area contributed by atoms with Crippen LogP contribution in [0.2, 0.25) is 0 Å². The van der Waals surface area contributed by atoms with E-state index in [1.165, 1.54) is 7.05 Å². The molecule has 5 amide bonds. The van der Waals surface area contributed by atoms with Crippen molar-refractivity contribution in [2.75, 3.05) is 64.3 Å². The van der Waals surface area contributed by atoms with Gasteiger partial charge in [-0.1, -0.05) is 12.1 Å². The van der Waals surface area contributed by atoms with Crippen LogP contribution in [0.1, 0.15) is 64.8 Å². The molecule has 3 fully saturated rings. The van der Waals surface area contributed by atoms with E-state index in [1.807, 2.05) is 21.9 Å². The van der Waals surface area contributed by atoms with E-state index in [1.54, 1.807) is 36.4 Å². The van der Waals surface area contributed by atoms with Crippen molar-refractivity contribution in [1.82, 2.24) is 35.6 Å². The number of likely N-dealkylation sites (N-methyl/N-ethyl adjacent to an activating group) is 1. The molecule has 3 saturated heterocycles. The number of amides is 5. The number of imide groups is 1. The van der Waals surface area contributed by atoms with Crippen molar-refractivity contribution >= 4 is 41.4 Å². The third kappa shape index (κ3) is 7.70. The zero-order valence-corrected chi connectivity index (χ0v) is 31.8. The quantitative estimate of drug-likeness (QED) is 0.148. The monoisotopic (exact) mass is 768 g/mol. The van der Waals surface area contributed by atoms with Gasteiger partial charge in [-0.25, -0.2) is 4.79 Å². The Morgan fingerprint density at radius 1 is 0.946 bits per heavy atom. The first kappa shape index (κ1) is 38.5. The van der Waals surface area contributed by atoms with Crippen molar-refractivity contribution < 1.29 is 29.1 Å². The van der Waals surface area contributed by atoms with Gasteiger partial charge in [0.1, 0.15) is 23.9 Å². The van der Waals surface area contributed by atoms with Gasteiger partial charge in [-0.3, -0.25) is 19.3 Å². The molecule has 2 aromatic rings. The smallest absolute Gasteiger partial charge is 0.320 e. The standard InChI is InChI=1S/C40H52N10O6/c1-43-37(53)33(6-4-20-51)50-38(54)29-9-8-27(21-31(29)39(50)55)46-14-10-25(11-15-46)45-26-12-16-47(17-13-26)40(56)48-18-19-49-28(24-48)23-44-36(42)34(49)22-32(41)30-5-2-3-7-35(30)52/h2-3,5,7-9,20-22,25-26,28,33,44-45,52H,4,6,10-19,23-24,41-42H2,1H3,(H,43,53)/b32-22-. The number of rotatable bonds is 10. The molecule has 0 radical (unpaired) electrons. The van der Waals surface area contributed by atoms with Gasteiger partial charge >= 0.3 is 6.03 Å². The number of carbonyl (C=O) groups excluding carboxylic acids is 5. The Kier molecular flexibility index (Phi) is 11.4. The van der Waals surface area contributed by atoms with Crippen LogP contribution < -0.4 is 32.3 Å². The van der Waals surface area contributed by atoms with Gasteiger partial charge in [-0.05, 0) is 68.5 Å². The minimum Gasteiger partial charge on any atom is -0.507 e. The van der Waals surface area contributed by atoms with E-state index < -0.39 is 23.8 Å². The molecule has 2 unspecified atom stereocenters. The lowest BCUT2D eigenvalue weighted by Gasteiger charge is -2.47. The molecule has 16 heteroatoms. The molecule has 8 N–H and O–H groups in total. The number of aromatic hydroxyl groups is 1. The van der Waals surface area contributed by atoms with Crippen LogP contribution >= 0.6 is 0 Å². The third-order valence-corrected chi connectivity index (χ3v) is 11.8. The van der Waals surface area contributed by atoms with E-state index in [4.69, 9.17) is 11.5 Å².